The fraction of sp³-hybridized carbons (Fsp3) is 0.545. The molecule has 3 atom stereocenters. The number of aliphatic carboxylic acids is 1. The van der Waals surface area contributed by atoms with Crippen LogP contribution >= 0.6 is 23.3 Å². The number of carbonyl (C=O) groups is 3. The highest BCUT2D eigenvalue weighted by Crippen LogP contribution is 2.45. The maximum Gasteiger partial charge on any atom is 0.277 e. The molecule has 1 unspecified atom stereocenters. The van der Waals surface area contributed by atoms with Gasteiger partial charge in [0.15, 0.2) is 10.9 Å². The summed E-state index contributed by atoms with van der Waals surface area (Å²) < 4.78 is 4.71. The van der Waals surface area contributed by atoms with Crippen LogP contribution in [0.2, 0.25) is 0 Å². The van der Waals surface area contributed by atoms with Gasteiger partial charge in [0, 0.05) is 35.4 Å². The van der Waals surface area contributed by atoms with Gasteiger partial charge in [-0.1, -0.05) is 11.2 Å². The number of ketones is 1. The number of aliphatic hydroxyl groups excluding tert-OH is 1. The first-order valence-electron chi connectivity index (χ1n) is 11.4. The van der Waals surface area contributed by atoms with E-state index in [1.54, 1.807) is 6.08 Å². The number of rotatable bonds is 8. The van der Waals surface area contributed by atoms with Crippen molar-refractivity contribution in [3.8, 4) is 0 Å². The number of carboxylic acids is 1. The van der Waals surface area contributed by atoms with Crippen LogP contribution in [0, 0.1) is 5.92 Å². The van der Waals surface area contributed by atoms with Gasteiger partial charge in [0.2, 0.25) is 11.5 Å². The van der Waals surface area contributed by atoms with Crippen LogP contribution in [0.1, 0.15) is 18.7 Å². The number of carboxylic acid groups (broad SMARTS) is 1. The second-order valence-corrected chi connectivity index (χ2v) is 11.2. The van der Waals surface area contributed by atoms with Crippen molar-refractivity contribution in [2.75, 3.05) is 45.3 Å². The third-order valence-electron chi connectivity index (χ3n) is 6.79. The van der Waals surface area contributed by atoms with Gasteiger partial charge >= 0.3 is 0 Å². The number of thioether (sulfide) groups is 1. The number of nitrogens with two attached hydrogens (primary N) is 1. The first-order chi connectivity index (χ1) is 17.1. The molecule has 1 saturated heterocycles. The second kappa shape index (κ2) is 10.7. The second-order valence-electron chi connectivity index (χ2n) is 9.29. The molecule has 4 N–H and O–H groups in total. The highest BCUT2D eigenvalue weighted by Gasteiger charge is 2.55. The number of likely N-dealkylation sites (tertiary alicyclic amines) is 1. The van der Waals surface area contributed by atoms with Crippen LogP contribution < -0.4 is 16.2 Å². The lowest BCUT2D eigenvalue weighted by atomic mass is 9.71. The number of piperidine rings is 1. The Bertz CT molecular complexity index is 1140. The molecule has 0 aromatic carbocycles. The van der Waals surface area contributed by atoms with E-state index in [-0.39, 0.29) is 28.3 Å². The zero-order chi connectivity index (χ0) is 26.0. The van der Waals surface area contributed by atoms with E-state index >= 15 is 0 Å². The number of amides is 1. The molecule has 14 heteroatoms. The van der Waals surface area contributed by atoms with Crippen molar-refractivity contribution < 1.29 is 33.9 Å². The number of hydrogen-bond acceptors (Lipinski definition) is 12. The maximum absolute atomic E-state index is 13.0. The Hall–Kier alpha value is -2.81. The summed E-state index contributed by atoms with van der Waals surface area (Å²) in [6.45, 7) is 2.38. The quantitative estimate of drug-likeness (QED) is 0.200. The monoisotopic (exact) mass is 536 g/mol. The minimum Gasteiger partial charge on any atom is -0.545 e. The molecule has 0 bridgehead atoms. The molecule has 36 heavy (non-hydrogen) atoms. The van der Waals surface area contributed by atoms with E-state index in [9.17, 15) is 24.6 Å². The molecular weight excluding hydrogens is 508 g/mol. The van der Waals surface area contributed by atoms with Crippen LogP contribution in [-0.4, -0.2) is 99.3 Å². The number of fused-ring (bicyclic) bond motifs is 1. The minimum atomic E-state index is -1.38. The summed E-state index contributed by atoms with van der Waals surface area (Å²) in [6.07, 6.45) is 4.91. The summed E-state index contributed by atoms with van der Waals surface area (Å²) in [5.41, 5.74) is 5.87. The van der Waals surface area contributed by atoms with Crippen molar-refractivity contribution in [1.82, 2.24) is 14.7 Å². The lowest BCUT2D eigenvalue weighted by Gasteiger charge is -2.47. The Balaban J connectivity index is 1.46. The van der Waals surface area contributed by atoms with Gasteiger partial charge in [-0.15, -0.1) is 0 Å². The Morgan fingerprint density at radius 3 is 2.72 bits per heavy atom. The topological polar surface area (TPSA) is 180 Å². The Morgan fingerprint density at radius 1 is 1.39 bits per heavy atom. The lowest BCUT2D eigenvalue weighted by molar-refractivity contribution is -0.909. The fourth-order valence-electron chi connectivity index (χ4n) is 4.73. The van der Waals surface area contributed by atoms with E-state index in [0.29, 0.717) is 17.9 Å². The van der Waals surface area contributed by atoms with Crippen molar-refractivity contribution >= 4 is 51.8 Å². The summed E-state index contributed by atoms with van der Waals surface area (Å²) in [5, 5.41) is 27.7. The number of anilines is 1. The predicted octanol–water partition coefficient (Wildman–Crippen LogP) is -1.53. The molecule has 1 aliphatic carbocycles. The number of carbonyl (C=O) groups excluding carboxylic acids is 3. The van der Waals surface area contributed by atoms with Gasteiger partial charge < -0.3 is 35.4 Å². The third-order valence-corrected chi connectivity index (χ3v) is 8.74. The predicted molar refractivity (Wildman–Crippen MR) is 132 cm³/mol. The molecule has 0 radical (unpaired) electrons. The molecule has 2 aliphatic heterocycles. The molecule has 0 spiro atoms. The molecule has 4 rings (SSSR count). The van der Waals surface area contributed by atoms with Crippen molar-refractivity contribution in [3.63, 3.8) is 0 Å². The Kier molecular flexibility index (Phi) is 7.78. The molecule has 3 heterocycles. The normalized spacial score (nSPS) is 30.6. The molecule has 194 valence electrons. The number of oxime groups is 1. The zero-order valence-corrected chi connectivity index (χ0v) is 21.5. The van der Waals surface area contributed by atoms with Gasteiger partial charge in [0.1, 0.15) is 13.2 Å². The van der Waals surface area contributed by atoms with E-state index in [2.05, 4.69) is 26.9 Å². The van der Waals surface area contributed by atoms with Crippen molar-refractivity contribution in [2.45, 2.75) is 30.2 Å². The van der Waals surface area contributed by atoms with Crippen molar-refractivity contribution in [2.24, 2.45) is 11.1 Å². The third kappa shape index (κ3) is 5.31. The molecule has 1 aromatic heterocycles. The van der Waals surface area contributed by atoms with Crippen LogP contribution in [0.5, 0.6) is 0 Å². The highest BCUT2D eigenvalue weighted by atomic mass is 32.2. The molecular formula is C22H28N6O6S2. The highest BCUT2D eigenvalue weighted by molar-refractivity contribution is 8.00. The van der Waals surface area contributed by atoms with Crippen LogP contribution in [0.4, 0.5) is 5.13 Å². The molecule has 1 aromatic rings. The minimum absolute atomic E-state index is 0.0260. The fourth-order valence-corrected chi connectivity index (χ4v) is 6.64. The zero-order valence-electron chi connectivity index (χ0n) is 19.9. The van der Waals surface area contributed by atoms with Gasteiger partial charge in [-0.25, -0.2) is 0 Å². The van der Waals surface area contributed by atoms with Crippen LogP contribution in [0.25, 0.3) is 0 Å². The molecule has 12 nitrogen and oxygen atoms in total. The van der Waals surface area contributed by atoms with Crippen LogP contribution in [0.15, 0.2) is 28.5 Å². The smallest absolute Gasteiger partial charge is 0.277 e. The largest absolute Gasteiger partial charge is 0.545 e. The van der Waals surface area contributed by atoms with Gasteiger partial charge in [0.05, 0.1) is 44.7 Å². The number of nitrogens with zero attached hydrogens (tertiary/aromatic N) is 4. The Morgan fingerprint density at radius 2 is 2.11 bits per heavy atom. The summed E-state index contributed by atoms with van der Waals surface area (Å²) in [6, 6.07) is -0.894. The first kappa shape index (κ1) is 26.3. The molecule has 1 amide bonds. The average Bonchev–Trinajstić information content (AvgIpc) is 3.28. The summed E-state index contributed by atoms with van der Waals surface area (Å²) >= 11 is 2.30. The number of allylic oxidation sites excluding steroid dienone is 1. The lowest BCUT2D eigenvalue weighted by Crippen LogP contribution is -2.66. The SMILES string of the molecule is CO/N=C(\C(=O)N[C@@H]1C(=O)C2C(C(=O)[O-])=C(/C=C/C[N+]3(C)CCC(O)CC3)CS[C@@H]21)c1nsc(N)n1. The van der Waals surface area contributed by atoms with E-state index in [4.69, 9.17) is 10.6 Å². The first-order valence-corrected chi connectivity index (χ1v) is 13.2. The van der Waals surface area contributed by atoms with E-state index in [1.807, 2.05) is 6.08 Å². The number of hydrogen-bond donors (Lipinski definition) is 3. The number of nitrogens with one attached hydrogen (secondary N) is 1. The number of quaternary nitrogens is 1. The Labute approximate surface area is 216 Å². The number of aliphatic hydroxyl groups is 1. The number of aromatic nitrogens is 2. The van der Waals surface area contributed by atoms with Crippen molar-refractivity contribution in [1.29, 1.82) is 0 Å². The maximum atomic E-state index is 13.0. The average molecular weight is 537 g/mol. The number of likely N-dealkylation sites (N-methyl/N-ethyl adjacent to an activating group) is 1. The number of Topliss-reactive ketones (excluding diaryl/α,β-unsaturated/α-hetero) is 1. The molecule has 2 fully saturated rings. The standard InChI is InChI=1S/C22H28N6O6S2/c1-28(8-5-12(29)6-9-28)7-3-4-11-10-35-18-14(13(11)21(32)33)17(30)15(18)24-20(31)16(26-34-2)19-25-22(23)36-27-19/h3-4,12,14-15,18,29H,5-10H2,1-2H3,(H3-,23,24,25,27,31,32,33)/b4-3+,26-16-/t12?,14?,15-,18+,28?/m1/s1. The van der Waals surface area contributed by atoms with Gasteiger partial charge in [0.25, 0.3) is 5.91 Å². The van der Waals surface area contributed by atoms with Crippen LogP contribution in [-0.2, 0) is 19.2 Å². The van der Waals surface area contributed by atoms with E-state index in [1.165, 1.54) is 18.9 Å². The summed E-state index contributed by atoms with van der Waals surface area (Å²) in [4.78, 5) is 46.5. The van der Waals surface area contributed by atoms with Gasteiger partial charge in [-0.2, -0.15) is 21.1 Å². The molecule has 3 aliphatic rings. The van der Waals surface area contributed by atoms with Gasteiger partial charge in [-0.05, 0) is 17.2 Å². The van der Waals surface area contributed by atoms with Crippen molar-refractivity contribution in [3.05, 3.63) is 29.1 Å². The number of nitrogen functional groups attached to an aromatic ring is 1. The van der Waals surface area contributed by atoms with Gasteiger partial charge in [-0.3, -0.25) is 9.59 Å². The summed E-state index contributed by atoms with van der Waals surface area (Å²) in [7, 11) is 3.36. The van der Waals surface area contributed by atoms with Crippen LogP contribution in [0.3, 0.4) is 0 Å². The van der Waals surface area contributed by atoms with E-state index in [0.717, 1.165) is 41.9 Å². The van der Waals surface area contributed by atoms with E-state index < -0.39 is 34.9 Å². The summed E-state index contributed by atoms with van der Waals surface area (Å²) in [5.74, 6) is -3.04. The molecule has 1 saturated carbocycles.